The van der Waals surface area contributed by atoms with E-state index < -0.39 is 10.2 Å². The van der Waals surface area contributed by atoms with Crippen LogP contribution in [0.5, 0.6) is 11.5 Å². The van der Waals surface area contributed by atoms with Crippen LogP contribution in [-0.2, 0) is 36.1 Å². The highest BCUT2D eigenvalue weighted by molar-refractivity contribution is 7.86. The van der Waals surface area contributed by atoms with E-state index in [1.165, 1.54) is 51.0 Å². The summed E-state index contributed by atoms with van der Waals surface area (Å²) >= 11 is 1.36. The highest BCUT2D eigenvalue weighted by Crippen LogP contribution is 2.33. The van der Waals surface area contributed by atoms with Crippen LogP contribution in [0.1, 0.15) is 16.0 Å². The van der Waals surface area contributed by atoms with Gasteiger partial charge >= 0.3 is 0 Å². The highest BCUT2D eigenvalue weighted by Gasteiger charge is 2.31. The van der Waals surface area contributed by atoms with E-state index in [0.717, 1.165) is 10.4 Å². The van der Waals surface area contributed by atoms with Gasteiger partial charge in [0.1, 0.15) is 16.3 Å². The van der Waals surface area contributed by atoms with Crippen molar-refractivity contribution >= 4 is 31.8 Å². The zero-order valence-electron chi connectivity index (χ0n) is 16.6. The van der Waals surface area contributed by atoms with Crippen molar-refractivity contribution in [2.75, 3.05) is 20.6 Å². The number of benzene rings is 1. The summed E-state index contributed by atoms with van der Waals surface area (Å²) < 4.78 is 29.0. The number of aromatic nitrogens is 2. The third kappa shape index (κ3) is 3.69. The first kappa shape index (κ1) is 20.8. The number of hydrogen-bond acceptors (Lipinski definition) is 7. The Kier molecular flexibility index (Phi) is 5.30. The second-order valence-electron chi connectivity index (χ2n) is 7.41. The molecule has 0 atom stereocenters. The van der Waals surface area contributed by atoms with E-state index in [1.807, 2.05) is 0 Å². The van der Waals surface area contributed by atoms with E-state index in [2.05, 4.69) is 4.98 Å². The van der Waals surface area contributed by atoms with Crippen molar-refractivity contribution in [3.63, 3.8) is 0 Å². The second kappa shape index (κ2) is 7.65. The second-order valence-corrected chi connectivity index (χ2v) is 10.6. The number of phenols is 2. The monoisotopic (exact) mass is 450 g/mol. The van der Waals surface area contributed by atoms with E-state index >= 15 is 0 Å². The minimum absolute atomic E-state index is 0.0324. The van der Waals surface area contributed by atoms with E-state index in [1.54, 1.807) is 12.1 Å². The van der Waals surface area contributed by atoms with Crippen LogP contribution >= 0.6 is 11.3 Å². The summed E-state index contributed by atoms with van der Waals surface area (Å²) in [4.78, 5) is 19.0. The number of rotatable bonds is 5. The third-order valence-corrected chi connectivity index (χ3v) is 8.20. The number of fused-ring (bicyclic) bond motifs is 3. The van der Waals surface area contributed by atoms with Crippen molar-refractivity contribution < 1.29 is 18.6 Å². The van der Waals surface area contributed by atoms with Crippen LogP contribution in [0.3, 0.4) is 0 Å². The molecule has 1 aromatic carbocycles. The summed E-state index contributed by atoms with van der Waals surface area (Å²) in [6.07, 6.45) is 2.39. The lowest BCUT2D eigenvalue weighted by Crippen LogP contribution is -2.42. The average Bonchev–Trinajstić information content (AvgIpc) is 3.05. The third-order valence-electron chi connectivity index (χ3n) is 5.18. The van der Waals surface area contributed by atoms with Crippen LogP contribution in [0, 0.1) is 0 Å². The van der Waals surface area contributed by atoms with Gasteiger partial charge in [0.25, 0.3) is 15.8 Å². The average molecular weight is 451 g/mol. The van der Waals surface area contributed by atoms with Gasteiger partial charge in [-0.1, -0.05) is 0 Å². The zero-order chi connectivity index (χ0) is 21.6. The maximum absolute atomic E-state index is 13.1. The Labute approximate surface area is 177 Å². The molecule has 0 radical (unpaired) electrons. The summed E-state index contributed by atoms with van der Waals surface area (Å²) in [5.41, 5.74) is 1.42. The summed E-state index contributed by atoms with van der Waals surface area (Å²) in [5.74, 6) is -0.0647. The highest BCUT2D eigenvalue weighted by atomic mass is 32.2. The Hall–Kier alpha value is -2.47. The molecule has 2 N–H and O–H groups in total. The number of phenolic OH excluding ortho intramolecular Hbond substituents is 2. The molecule has 11 heteroatoms. The number of nitrogens with zero attached hydrogens (tertiary/aromatic N) is 4. The molecule has 0 spiro atoms. The van der Waals surface area contributed by atoms with E-state index in [0.29, 0.717) is 41.7 Å². The maximum Gasteiger partial charge on any atom is 0.281 e. The Morgan fingerprint density at radius 2 is 1.90 bits per heavy atom. The van der Waals surface area contributed by atoms with E-state index in [9.17, 15) is 23.4 Å². The van der Waals surface area contributed by atoms with E-state index in [4.69, 9.17) is 0 Å². The molecular formula is C19H22N4O5S2. The predicted molar refractivity (Wildman–Crippen MR) is 114 cm³/mol. The van der Waals surface area contributed by atoms with Gasteiger partial charge in [-0.2, -0.15) is 17.0 Å². The molecule has 1 aliphatic heterocycles. The molecule has 1 aliphatic rings. The Morgan fingerprint density at radius 1 is 1.20 bits per heavy atom. The molecule has 0 amide bonds. The van der Waals surface area contributed by atoms with Gasteiger partial charge in [0, 0.05) is 44.7 Å². The van der Waals surface area contributed by atoms with Gasteiger partial charge in [-0.3, -0.25) is 9.36 Å². The fraction of sp³-hybridized carbons (Fsp3) is 0.368. The zero-order valence-corrected chi connectivity index (χ0v) is 18.2. The summed E-state index contributed by atoms with van der Waals surface area (Å²) in [6, 6.07) is 4.34. The molecule has 30 heavy (non-hydrogen) atoms. The number of aryl methyl sites for hydroxylation is 2. The van der Waals surface area contributed by atoms with Crippen LogP contribution in [0.25, 0.3) is 10.2 Å². The SMILES string of the molecule is CN(C)S(=O)(=O)N1CCc2c(sc3ncn(CCc4cc(O)cc(O)c4)c(=O)c23)C1. The minimum atomic E-state index is -3.52. The summed E-state index contributed by atoms with van der Waals surface area (Å²) in [7, 11) is -0.512. The van der Waals surface area contributed by atoms with Crippen LogP contribution in [0.2, 0.25) is 0 Å². The first-order valence-corrected chi connectivity index (χ1v) is 11.6. The minimum Gasteiger partial charge on any atom is -0.508 e. The molecule has 3 aromatic rings. The molecule has 0 saturated heterocycles. The lowest BCUT2D eigenvalue weighted by Gasteiger charge is -2.28. The molecule has 9 nitrogen and oxygen atoms in total. The van der Waals surface area contributed by atoms with Gasteiger partial charge in [-0.15, -0.1) is 11.3 Å². The van der Waals surface area contributed by atoms with Gasteiger partial charge in [-0.05, 0) is 36.1 Å². The Balaban J connectivity index is 1.63. The van der Waals surface area contributed by atoms with Crippen molar-refractivity contribution in [1.82, 2.24) is 18.2 Å². The van der Waals surface area contributed by atoms with Gasteiger partial charge in [-0.25, -0.2) is 4.98 Å². The van der Waals surface area contributed by atoms with Crippen LogP contribution in [0.15, 0.2) is 29.3 Å². The van der Waals surface area contributed by atoms with Crippen molar-refractivity contribution in [1.29, 1.82) is 0 Å². The standard InChI is InChI=1S/C19H22N4O5S2/c1-21(2)30(27,28)23-6-4-15-16(10-23)29-18-17(15)19(26)22(11-20-18)5-3-12-7-13(24)9-14(25)8-12/h7-9,11,24-25H,3-6,10H2,1-2H3. The van der Waals surface area contributed by atoms with Crippen LogP contribution in [0.4, 0.5) is 0 Å². The predicted octanol–water partition coefficient (Wildman–Crippen LogP) is 1.28. The quantitative estimate of drug-likeness (QED) is 0.605. The smallest absolute Gasteiger partial charge is 0.281 e. The first-order chi connectivity index (χ1) is 14.2. The van der Waals surface area contributed by atoms with Crippen LogP contribution in [-0.4, -0.2) is 57.4 Å². The lowest BCUT2D eigenvalue weighted by atomic mass is 10.1. The largest absolute Gasteiger partial charge is 0.508 e. The Bertz CT molecular complexity index is 1260. The maximum atomic E-state index is 13.1. The molecule has 160 valence electrons. The van der Waals surface area contributed by atoms with Gasteiger partial charge in [0.05, 0.1) is 11.7 Å². The molecule has 4 rings (SSSR count). The normalized spacial score (nSPS) is 15.0. The number of thiophene rings is 1. The topological polar surface area (TPSA) is 116 Å². The molecule has 3 heterocycles. The number of aromatic hydroxyl groups is 2. The van der Waals surface area contributed by atoms with Crippen LogP contribution < -0.4 is 5.56 Å². The van der Waals surface area contributed by atoms with Crippen molar-refractivity contribution in [3.8, 4) is 11.5 Å². The van der Waals surface area contributed by atoms with Gasteiger partial charge < -0.3 is 10.2 Å². The lowest BCUT2D eigenvalue weighted by molar-refractivity contribution is 0.362. The molecule has 2 aromatic heterocycles. The number of hydrogen-bond donors (Lipinski definition) is 2. The fourth-order valence-electron chi connectivity index (χ4n) is 3.63. The van der Waals surface area contributed by atoms with E-state index in [-0.39, 0.29) is 23.6 Å². The molecule has 0 aliphatic carbocycles. The summed E-state index contributed by atoms with van der Waals surface area (Å²) in [6.45, 7) is 0.894. The van der Waals surface area contributed by atoms with Gasteiger partial charge in [0.2, 0.25) is 0 Å². The van der Waals surface area contributed by atoms with Gasteiger partial charge in [0.15, 0.2) is 0 Å². The summed E-state index contributed by atoms with van der Waals surface area (Å²) in [5, 5.41) is 19.8. The molecule has 0 saturated carbocycles. The van der Waals surface area contributed by atoms with Crippen molar-refractivity contribution in [3.05, 3.63) is 50.9 Å². The fourth-order valence-corrected chi connectivity index (χ4v) is 5.98. The molecule has 0 unspecified atom stereocenters. The molecule has 0 fully saturated rings. The Morgan fingerprint density at radius 3 is 2.57 bits per heavy atom. The molecule has 0 bridgehead atoms. The van der Waals surface area contributed by atoms with Crippen molar-refractivity contribution in [2.45, 2.75) is 25.9 Å². The molecular weight excluding hydrogens is 428 g/mol. The van der Waals surface area contributed by atoms with Crippen molar-refractivity contribution in [2.24, 2.45) is 0 Å². The first-order valence-electron chi connectivity index (χ1n) is 9.36.